The molecule has 0 unspecified atom stereocenters. The van der Waals surface area contributed by atoms with Crippen LogP contribution in [0.5, 0.6) is 0 Å². The van der Waals surface area contributed by atoms with Crippen molar-refractivity contribution in [3.05, 3.63) is 0 Å². The van der Waals surface area contributed by atoms with E-state index in [4.69, 9.17) is 15.2 Å². The number of anilines is 3. The van der Waals surface area contributed by atoms with Crippen LogP contribution in [-0.4, -0.2) is 66.6 Å². The number of hydrogen-bond acceptors (Lipinski definition) is 9. The van der Waals surface area contributed by atoms with Gasteiger partial charge in [0.25, 0.3) is 0 Å². The molecule has 2 saturated carbocycles. The minimum atomic E-state index is 0.487. The number of rotatable bonds is 13. The zero-order valence-corrected chi connectivity index (χ0v) is 14.7. The summed E-state index contributed by atoms with van der Waals surface area (Å²) in [5.41, 5.74) is 5.35. The Morgan fingerprint density at radius 2 is 1.40 bits per heavy atom. The Morgan fingerprint density at radius 3 is 1.96 bits per heavy atom. The Labute approximate surface area is 148 Å². The summed E-state index contributed by atoms with van der Waals surface area (Å²) >= 11 is 0. The lowest BCUT2D eigenvalue weighted by atomic mass is 9.93. The van der Waals surface area contributed by atoms with Crippen LogP contribution in [0.4, 0.5) is 17.8 Å². The average molecular weight is 351 g/mol. The van der Waals surface area contributed by atoms with Crippen molar-refractivity contribution in [3.63, 3.8) is 0 Å². The minimum Gasteiger partial charge on any atom is -0.378 e. The molecule has 0 radical (unpaired) electrons. The van der Waals surface area contributed by atoms with E-state index in [1.807, 2.05) is 0 Å². The molecule has 0 aromatic carbocycles. The smallest absolute Gasteiger partial charge is 0.229 e. The van der Waals surface area contributed by atoms with Gasteiger partial charge in [0, 0.05) is 25.2 Å². The van der Waals surface area contributed by atoms with Gasteiger partial charge in [0.15, 0.2) is 0 Å². The van der Waals surface area contributed by atoms with Crippen LogP contribution in [0.3, 0.4) is 0 Å². The summed E-state index contributed by atoms with van der Waals surface area (Å²) in [6, 6.07) is 0.990. The molecule has 9 heteroatoms. The van der Waals surface area contributed by atoms with Crippen LogP contribution < -0.4 is 21.7 Å². The minimum absolute atomic E-state index is 0.487. The van der Waals surface area contributed by atoms with Crippen molar-refractivity contribution in [1.29, 1.82) is 0 Å². The van der Waals surface area contributed by atoms with Crippen LogP contribution in [0.2, 0.25) is 0 Å². The first-order valence-electron chi connectivity index (χ1n) is 9.22. The monoisotopic (exact) mass is 351 g/mol. The van der Waals surface area contributed by atoms with Gasteiger partial charge in [-0.2, -0.15) is 15.0 Å². The van der Waals surface area contributed by atoms with Crippen molar-refractivity contribution in [2.24, 2.45) is 5.73 Å². The van der Waals surface area contributed by atoms with Crippen LogP contribution in [0.15, 0.2) is 0 Å². The first-order valence-corrected chi connectivity index (χ1v) is 9.22. The quantitative estimate of drug-likeness (QED) is 0.383. The molecule has 0 saturated heterocycles. The van der Waals surface area contributed by atoms with E-state index in [1.165, 1.54) is 32.1 Å². The highest BCUT2D eigenvalue weighted by Crippen LogP contribution is 2.25. The van der Waals surface area contributed by atoms with Crippen molar-refractivity contribution >= 4 is 17.8 Å². The second-order valence-corrected chi connectivity index (χ2v) is 6.44. The predicted octanol–water partition coefficient (Wildman–Crippen LogP) is 0.814. The van der Waals surface area contributed by atoms with Crippen LogP contribution in [-0.2, 0) is 9.47 Å². The van der Waals surface area contributed by atoms with E-state index in [9.17, 15) is 0 Å². The molecular weight excluding hydrogens is 322 g/mol. The number of ether oxygens (including phenoxy) is 2. The van der Waals surface area contributed by atoms with Gasteiger partial charge in [-0.05, 0) is 32.1 Å². The fourth-order valence-electron chi connectivity index (χ4n) is 2.37. The molecule has 1 aromatic rings. The number of hydrogen-bond donors (Lipinski definition) is 4. The summed E-state index contributed by atoms with van der Waals surface area (Å²) in [4.78, 5) is 13.4. The van der Waals surface area contributed by atoms with Crippen molar-refractivity contribution in [2.45, 2.75) is 44.2 Å². The molecule has 2 aliphatic rings. The maximum absolute atomic E-state index is 5.50. The van der Waals surface area contributed by atoms with Gasteiger partial charge in [0.05, 0.1) is 26.4 Å². The van der Waals surface area contributed by atoms with Crippen molar-refractivity contribution < 1.29 is 9.47 Å². The van der Waals surface area contributed by atoms with Crippen molar-refractivity contribution in [3.8, 4) is 0 Å². The summed E-state index contributed by atoms with van der Waals surface area (Å²) in [5.74, 6) is 1.85. The summed E-state index contributed by atoms with van der Waals surface area (Å²) in [6.45, 7) is 3.42. The Kier molecular flexibility index (Phi) is 7.01. The van der Waals surface area contributed by atoms with Gasteiger partial charge in [-0.3, -0.25) is 0 Å². The maximum Gasteiger partial charge on any atom is 0.229 e. The van der Waals surface area contributed by atoms with E-state index in [2.05, 4.69) is 30.9 Å². The highest BCUT2D eigenvalue weighted by atomic mass is 16.5. The lowest BCUT2D eigenvalue weighted by Gasteiger charge is -2.26. The standard InChI is InChI=1S/C16H29N7O2/c17-6-8-24-10-11-25-9-7-18-14-21-15(19-12-2-1-3-12)23-16(22-14)20-13-4-5-13/h12-13H,1-11,17H2,(H3,18,19,20,21,22,23). The second-order valence-electron chi connectivity index (χ2n) is 6.44. The molecule has 5 N–H and O–H groups in total. The lowest BCUT2D eigenvalue weighted by Crippen LogP contribution is -2.28. The Hall–Kier alpha value is -1.71. The van der Waals surface area contributed by atoms with Crippen LogP contribution in [0, 0.1) is 0 Å². The van der Waals surface area contributed by atoms with Crippen LogP contribution >= 0.6 is 0 Å². The summed E-state index contributed by atoms with van der Waals surface area (Å²) in [6.07, 6.45) is 5.99. The first-order chi connectivity index (χ1) is 12.3. The molecule has 25 heavy (non-hydrogen) atoms. The molecule has 0 amide bonds. The van der Waals surface area contributed by atoms with E-state index < -0.39 is 0 Å². The number of nitrogens with two attached hydrogens (primary N) is 1. The molecule has 3 rings (SSSR count). The van der Waals surface area contributed by atoms with Gasteiger partial charge < -0.3 is 31.2 Å². The fourth-order valence-corrected chi connectivity index (χ4v) is 2.37. The second kappa shape index (κ2) is 9.69. The van der Waals surface area contributed by atoms with Gasteiger partial charge in [0.1, 0.15) is 0 Å². The third kappa shape index (κ3) is 6.60. The number of aromatic nitrogens is 3. The molecule has 9 nitrogen and oxygen atoms in total. The zero-order valence-electron chi connectivity index (χ0n) is 14.7. The molecule has 2 aliphatic carbocycles. The fraction of sp³-hybridized carbons (Fsp3) is 0.812. The molecule has 140 valence electrons. The van der Waals surface area contributed by atoms with E-state index in [-0.39, 0.29) is 0 Å². The van der Waals surface area contributed by atoms with Gasteiger partial charge in [-0.25, -0.2) is 0 Å². The van der Waals surface area contributed by atoms with E-state index in [1.54, 1.807) is 0 Å². The van der Waals surface area contributed by atoms with Crippen molar-refractivity contribution in [1.82, 2.24) is 15.0 Å². The molecule has 0 bridgehead atoms. The molecule has 1 heterocycles. The van der Waals surface area contributed by atoms with E-state index >= 15 is 0 Å². The molecule has 0 spiro atoms. The maximum atomic E-state index is 5.50. The van der Waals surface area contributed by atoms with Crippen LogP contribution in [0.25, 0.3) is 0 Å². The topological polar surface area (TPSA) is 119 Å². The van der Waals surface area contributed by atoms with E-state index in [0.717, 1.165) is 0 Å². The van der Waals surface area contributed by atoms with Gasteiger partial charge in [-0.15, -0.1) is 0 Å². The molecule has 2 fully saturated rings. The lowest BCUT2D eigenvalue weighted by molar-refractivity contribution is 0.0547. The summed E-state index contributed by atoms with van der Waals surface area (Å²) < 4.78 is 10.8. The van der Waals surface area contributed by atoms with Gasteiger partial charge in [0.2, 0.25) is 17.8 Å². The molecule has 0 atom stereocenters. The Morgan fingerprint density at radius 1 is 0.800 bits per heavy atom. The molecule has 0 aliphatic heterocycles. The Bertz CT molecular complexity index is 523. The predicted molar refractivity (Wildman–Crippen MR) is 96.9 cm³/mol. The molecular formula is C16H29N7O2. The largest absolute Gasteiger partial charge is 0.378 e. The highest BCUT2D eigenvalue weighted by molar-refractivity contribution is 5.43. The third-order valence-corrected chi connectivity index (χ3v) is 4.15. The normalized spacial score (nSPS) is 17.2. The van der Waals surface area contributed by atoms with Gasteiger partial charge in [-0.1, -0.05) is 0 Å². The highest BCUT2D eigenvalue weighted by Gasteiger charge is 2.23. The van der Waals surface area contributed by atoms with E-state index in [0.29, 0.717) is 69.4 Å². The first kappa shape index (κ1) is 18.1. The van der Waals surface area contributed by atoms with Crippen LogP contribution in [0.1, 0.15) is 32.1 Å². The van der Waals surface area contributed by atoms with Gasteiger partial charge >= 0.3 is 0 Å². The zero-order chi connectivity index (χ0) is 17.3. The Balaban J connectivity index is 1.42. The van der Waals surface area contributed by atoms with Crippen molar-refractivity contribution in [2.75, 3.05) is 55.5 Å². The number of nitrogens with one attached hydrogen (secondary N) is 3. The number of nitrogens with zero attached hydrogens (tertiary/aromatic N) is 3. The third-order valence-electron chi connectivity index (χ3n) is 4.15. The molecule has 1 aromatic heterocycles. The SMILES string of the molecule is NCCOCCOCCNc1nc(NC2CCC2)nc(NC2CC2)n1. The summed E-state index contributed by atoms with van der Waals surface area (Å²) in [7, 11) is 0. The average Bonchev–Trinajstić information content (AvgIpc) is 3.37. The summed E-state index contributed by atoms with van der Waals surface area (Å²) in [5, 5.41) is 9.92.